The lowest BCUT2D eigenvalue weighted by molar-refractivity contribution is -0.117. The predicted octanol–water partition coefficient (Wildman–Crippen LogP) is 4.59. The lowest BCUT2D eigenvalue weighted by atomic mass is 9.81. The standard InChI is InChI=1S/C24H33N3O2/c28-24(26-21-9-5-2-6-10-21)15-19-11-12-25-17-20(19)14-22-16-23(29-27-22)13-18-7-3-1-4-8-18/h2,5-6,9-10,16,18-20,25H,1,3-4,7-8,11-15,17H2,(H,26,28)/t19-,20+/m1/s1. The van der Waals surface area contributed by atoms with E-state index in [-0.39, 0.29) is 5.91 Å². The summed E-state index contributed by atoms with van der Waals surface area (Å²) in [4.78, 5) is 12.5. The van der Waals surface area contributed by atoms with Gasteiger partial charge >= 0.3 is 0 Å². The van der Waals surface area contributed by atoms with Crippen molar-refractivity contribution < 1.29 is 9.32 Å². The van der Waals surface area contributed by atoms with Crippen molar-refractivity contribution in [3.05, 3.63) is 47.9 Å². The van der Waals surface area contributed by atoms with Crippen molar-refractivity contribution in [2.45, 2.75) is 57.8 Å². The highest BCUT2D eigenvalue weighted by molar-refractivity contribution is 5.90. The molecule has 1 aromatic carbocycles. The minimum Gasteiger partial charge on any atom is -0.361 e. The molecule has 0 radical (unpaired) electrons. The second-order valence-electron chi connectivity index (χ2n) is 8.83. The van der Waals surface area contributed by atoms with Crippen molar-refractivity contribution in [3.8, 4) is 0 Å². The fourth-order valence-electron chi connectivity index (χ4n) is 4.95. The molecule has 1 saturated heterocycles. The van der Waals surface area contributed by atoms with Crippen LogP contribution < -0.4 is 10.6 Å². The van der Waals surface area contributed by atoms with Gasteiger partial charge in [0.15, 0.2) is 0 Å². The van der Waals surface area contributed by atoms with E-state index in [9.17, 15) is 4.79 Å². The molecule has 1 amide bonds. The Hall–Kier alpha value is -2.14. The Balaban J connectivity index is 1.31. The Morgan fingerprint density at radius 2 is 1.90 bits per heavy atom. The number of carbonyl (C=O) groups excluding carboxylic acids is 1. The predicted molar refractivity (Wildman–Crippen MR) is 115 cm³/mol. The van der Waals surface area contributed by atoms with Crippen LogP contribution in [-0.4, -0.2) is 24.2 Å². The zero-order valence-corrected chi connectivity index (χ0v) is 17.2. The van der Waals surface area contributed by atoms with Crippen molar-refractivity contribution in [2.24, 2.45) is 17.8 Å². The van der Waals surface area contributed by atoms with Crippen LogP contribution in [0, 0.1) is 17.8 Å². The number of nitrogens with zero attached hydrogens (tertiary/aromatic N) is 1. The van der Waals surface area contributed by atoms with E-state index in [0.717, 1.165) is 55.4 Å². The van der Waals surface area contributed by atoms with Gasteiger partial charge < -0.3 is 15.2 Å². The van der Waals surface area contributed by atoms with Gasteiger partial charge in [-0.25, -0.2) is 0 Å². The number of hydrogen-bond donors (Lipinski definition) is 2. The fourth-order valence-corrected chi connectivity index (χ4v) is 4.95. The number of anilines is 1. The Morgan fingerprint density at radius 3 is 2.72 bits per heavy atom. The molecule has 156 valence electrons. The summed E-state index contributed by atoms with van der Waals surface area (Å²) in [6.07, 6.45) is 10.2. The van der Waals surface area contributed by atoms with E-state index in [4.69, 9.17) is 4.52 Å². The van der Waals surface area contributed by atoms with Crippen LogP contribution in [0.5, 0.6) is 0 Å². The smallest absolute Gasteiger partial charge is 0.224 e. The summed E-state index contributed by atoms with van der Waals surface area (Å²) in [5, 5.41) is 10.9. The SMILES string of the molecule is O=C(C[C@H]1CCNC[C@@H]1Cc1cc(CC2CCCCC2)on1)Nc1ccccc1. The van der Waals surface area contributed by atoms with Gasteiger partial charge in [0, 0.05) is 24.6 Å². The van der Waals surface area contributed by atoms with Crippen LogP contribution in [0.1, 0.15) is 56.4 Å². The maximum atomic E-state index is 12.5. The van der Waals surface area contributed by atoms with Gasteiger partial charge in [-0.3, -0.25) is 4.79 Å². The van der Waals surface area contributed by atoms with E-state index in [0.29, 0.717) is 18.3 Å². The zero-order chi connectivity index (χ0) is 19.9. The molecule has 1 saturated carbocycles. The Labute approximate surface area is 173 Å². The van der Waals surface area contributed by atoms with Gasteiger partial charge in [-0.1, -0.05) is 55.5 Å². The second-order valence-corrected chi connectivity index (χ2v) is 8.83. The molecule has 1 aliphatic carbocycles. The summed E-state index contributed by atoms with van der Waals surface area (Å²) in [5.74, 6) is 2.69. The van der Waals surface area contributed by atoms with Gasteiger partial charge in [0.05, 0.1) is 5.69 Å². The summed E-state index contributed by atoms with van der Waals surface area (Å²) < 4.78 is 5.65. The van der Waals surface area contributed by atoms with E-state index >= 15 is 0 Å². The first-order valence-corrected chi connectivity index (χ1v) is 11.3. The average molecular weight is 396 g/mol. The van der Waals surface area contributed by atoms with E-state index in [2.05, 4.69) is 21.9 Å². The van der Waals surface area contributed by atoms with E-state index in [1.807, 2.05) is 30.3 Å². The molecule has 1 aliphatic heterocycles. The molecular weight excluding hydrogens is 362 g/mol. The molecule has 5 nitrogen and oxygen atoms in total. The van der Waals surface area contributed by atoms with Crippen LogP contribution in [0.25, 0.3) is 0 Å². The van der Waals surface area contributed by atoms with Crippen LogP contribution in [0.4, 0.5) is 5.69 Å². The van der Waals surface area contributed by atoms with Crippen LogP contribution in [0.2, 0.25) is 0 Å². The third kappa shape index (κ3) is 5.92. The number of hydrogen-bond acceptors (Lipinski definition) is 4. The largest absolute Gasteiger partial charge is 0.361 e. The molecule has 5 heteroatoms. The van der Waals surface area contributed by atoms with Crippen LogP contribution in [0.3, 0.4) is 0 Å². The normalized spacial score (nSPS) is 23.0. The second kappa shape index (κ2) is 10.1. The molecule has 1 aromatic heterocycles. The molecular formula is C24H33N3O2. The molecule has 0 bridgehead atoms. The van der Waals surface area contributed by atoms with Crippen molar-refractivity contribution in [3.63, 3.8) is 0 Å². The Bertz CT molecular complexity index is 767. The molecule has 2 atom stereocenters. The van der Waals surface area contributed by atoms with Crippen molar-refractivity contribution in [2.75, 3.05) is 18.4 Å². The van der Waals surface area contributed by atoms with Crippen molar-refractivity contribution in [1.82, 2.24) is 10.5 Å². The number of para-hydroxylation sites is 1. The monoisotopic (exact) mass is 395 g/mol. The third-order valence-electron chi connectivity index (χ3n) is 6.56. The van der Waals surface area contributed by atoms with Gasteiger partial charge in [0.2, 0.25) is 5.91 Å². The molecule has 2 fully saturated rings. The van der Waals surface area contributed by atoms with Crippen LogP contribution >= 0.6 is 0 Å². The van der Waals surface area contributed by atoms with Crippen molar-refractivity contribution in [1.29, 1.82) is 0 Å². The Morgan fingerprint density at radius 1 is 1.07 bits per heavy atom. The summed E-state index contributed by atoms with van der Waals surface area (Å²) in [7, 11) is 0. The lowest BCUT2D eigenvalue weighted by Gasteiger charge is -2.31. The van der Waals surface area contributed by atoms with E-state index < -0.39 is 0 Å². The Kier molecular flexibility index (Phi) is 6.99. The summed E-state index contributed by atoms with van der Waals surface area (Å²) in [6, 6.07) is 11.9. The first-order chi connectivity index (χ1) is 14.3. The van der Waals surface area contributed by atoms with Crippen LogP contribution in [0.15, 0.2) is 40.9 Å². The maximum Gasteiger partial charge on any atom is 0.224 e. The van der Waals surface area contributed by atoms with Gasteiger partial charge in [0.25, 0.3) is 0 Å². The first kappa shape index (κ1) is 20.1. The number of nitrogens with one attached hydrogen (secondary N) is 2. The summed E-state index contributed by atoms with van der Waals surface area (Å²) in [5.41, 5.74) is 1.91. The average Bonchev–Trinajstić information content (AvgIpc) is 3.18. The molecule has 2 aliphatic rings. The first-order valence-electron chi connectivity index (χ1n) is 11.3. The number of carbonyl (C=O) groups is 1. The molecule has 0 unspecified atom stereocenters. The van der Waals surface area contributed by atoms with E-state index in [1.165, 1.54) is 32.1 Å². The zero-order valence-electron chi connectivity index (χ0n) is 17.2. The minimum absolute atomic E-state index is 0.103. The van der Waals surface area contributed by atoms with Gasteiger partial charge in [-0.05, 0) is 55.8 Å². The molecule has 0 spiro atoms. The summed E-state index contributed by atoms with van der Waals surface area (Å²) in [6.45, 7) is 1.92. The highest BCUT2D eigenvalue weighted by Crippen LogP contribution is 2.29. The number of benzene rings is 1. The van der Waals surface area contributed by atoms with Gasteiger partial charge in [0.1, 0.15) is 5.76 Å². The van der Waals surface area contributed by atoms with Crippen molar-refractivity contribution >= 4 is 11.6 Å². The molecule has 4 rings (SSSR count). The number of rotatable bonds is 7. The lowest BCUT2D eigenvalue weighted by Crippen LogP contribution is -2.39. The third-order valence-corrected chi connectivity index (χ3v) is 6.56. The van der Waals surface area contributed by atoms with E-state index in [1.54, 1.807) is 0 Å². The topological polar surface area (TPSA) is 67.2 Å². The highest BCUT2D eigenvalue weighted by atomic mass is 16.5. The van der Waals surface area contributed by atoms with Gasteiger partial charge in [-0.2, -0.15) is 0 Å². The number of amides is 1. The quantitative estimate of drug-likeness (QED) is 0.719. The number of aromatic nitrogens is 1. The molecule has 2 heterocycles. The van der Waals surface area contributed by atoms with Crippen LogP contribution in [-0.2, 0) is 17.6 Å². The maximum absolute atomic E-state index is 12.5. The summed E-state index contributed by atoms with van der Waals surface area (Å²) >= 11 is 0. The fraction of sp³-hybridized carbons (Fsp3) is 0.583. The molecule has 2 N–H and O–H groups in total. The highest BCUT2D eigenvalue weighted by Gasteiger charge is 2.28. The number of piperidine rings is 1. The molecule has 29 heavy (non-hydrogen) atoms. The minimum atomic E-state index is 0.103. The molecule has 2 aromatic rings. The van der Waals surface area contributed by atoms with Gasteiger partial charge in [-0.15, -0.1) is 0 Å².